The molecule has 0 radical (unpaired) electrons. The second-order valence-corrected chi connectivity index (χ2v) is 5.27. The molecule has 4 heteroatoms. The molecule has 0 bridgehead atoms. The van der Waals surface area contributed by atoms with E-state index in [4.69, 9.17) is 4.74 Å². The number of rotatable bonds is 8. The van der Waals surface area contributed by atoms with Gasteiger partial charge in [-0.2, -0.15) is 0 Å². The van der Waals surface area contributed by atoms with E-state index >= 15 is 0 Å². The van der Waals surface area contributed by atoms with Gasteiger partial charge in [-0.25, -0.2) is 4.98 Å². The van der Waals surface area contributed by atoms with Crippen LogP contribution in [0.4, 0.5) is 0 Å². The number of pyridine rings is 1. The van der Waals surface area contributed by atoms with Gasteiger partial charge in [-0.3, -0.25) is 0 Å². The number of hydrogen-bond acceptors (Lipinski definition) is 4. The average Bonchev–Trinajstić information content (AvgIpc) is 3.24. The van der Waals surface area contributed by atoms with Gasteiger partial charge >= 0.3 is 0 Å². The monoisotopic (exact) mass is 263 g/mol. The van der Waals surface area contributed by atoms with Crippen molar-refractivity contribution in [3.8, 4) is 5.88 Å². The van der Waals surface area contributed by atoms with E-state index < -0.39 is 0 Å². The Hall–Kier alpha value is -1.13. The third-order valence-electron chi connectivity index (χ3n) is 3.63. The van der Waals surface area contributed by atoms with Gasteiger partial charge in [0.2, 0.25) is 5.88 Å². The fourth-order valence-corrected chi connectivity index (χ4v) is 2.15. The number of nitrogens with zero attached hydrogens (tertiary/aromatic N) is 2. The van der Waals surface area contributed by atoms with Gasteiger partial charge in [-0.1, -0.05) is 13.0 Å². The van der Waals surface area contributed by atoms with Crippen LogP contribution in [0, 0.1) is 0 Å². The summed E-state index contributed by atoms with van der Waals surface area (Å²) in [4.78, 5) is 6.72. The Morgan fingerprint density at radius 2 is 2.26 bits per heavy atom. The van der Waals surface area contributed by atoms with Gasteiger partial charge in [-0.15, -0.1) is 0 Å². The summed E-state index contributed by atoms with van der Waals surface area (Å²) in [7, 11) is 2.16. The topological polar surface area (TPSA) is 37.4 Å². The van der Waals surface area contributed by atoms with E-state index in [1.807, 2.05) is 12.3 Å². The molecule has 1 fully saturated rings. The summed E-state index contributed by atoms with van der Waals surface area (Å²) in [5, 5.41) is 3.37. The molecule has 19 heavy (non-hydrogen) atoms. The van der Waals surface area contributed by atoms with E-state index in [0.29, 0.717) is 12.6 Å². The summed E-state index contributed by atoms with van der Waals surface area (Å²) in [6, 6.07) is 5.17. The van der Waals surface area contributed by atoms with Gasteiger partial charge in [-0.05, 0) is 38.9 Å². The summed E-state index contributed by atoms with van der Waals surface area (Å²) < 4.78 is 5.68. The second kappa shape index (κ2) is 6.87. The second-order valence-electron chi connectivity index (χ2n) is 5.27. The van der Waals surface area contributed by atoms with Gasteiger partial charge in [0.1, 0.15) is 6.61 Å². The molecule has 106 valence electrons. The summed E-state index contributed by atoms with van der Waals surface area (Å²) in [6.07, 6.45) is 4.57. The van der Waals surface area contributed by atoms with Crippen LogP contribution in [-0.4, -0.2) is 42.7 Å². The number of nitrogens with one attached hydrogen (secondary N) is 1. The van der Waals surface area contributed by atoms with Crippen molar-refractivity contribution in [3.05, 3.63) is 23.9 Å². The number of aromatic nitrogens is 1. The van der Waals surface area contributed by atoms with Crippen LogP contribution >= 0.6 is 0 Å². The highest BCUT2D eigenvalue weighted by Crippen LogP contribution is 2.24. The predicted octanol–water partition coefficient (Wildman–Crippen LogP) is 2.23. The molecule has 1 N–H and O–H groups in total. The van der Waals surface area contributed by atoms with Crippen LogP contribution in [0.25, 0.3) is 0 Å². The van der Waals surface area contributed by atoms with Gasteiger partial charge in [0.15, 0.2) is 0 Å². The lowest BCUT2D eigenvalue weighted by molar-refractivity contribution is 0.226. The van der Waals surface area contributed by atoms with Gasteiger partial charge < -0.3 is 15.0 Å². The predicted molar refractivity (Wildman–Crippen MR) is 77.5 cm³/mol. The van der Waals surface area contributed by atoms with Gasteiger partial charge in [0.05, 0.1) is 0 Å². The van der Waals surface area contributed by atoms with Gasteiger partial charge in [0.25, 0.3) is 0 Å². The maximum absolute atomic E-state index is 5.68. The van der Waals surface area contributed by atoms with E-state index in [9.17, 15) is 0 Å². The third kappa shape index (κ3) is 4.48. The Balaban J connectivity index is 1.74. The Morgan fingerprint density at radius 1 is 1.47 bits per heavy atom. The van der Waals surface area contributed by atoms with Crippen molar-refractivity contribution in [1.29, 1.82) is 0 Å². The van der Waals surface area contributed by atoms with Crippen LogP contribution in [0.15, 0.2) is 18.3 Å². The molecule has 0 aliphatic heterocycles. The zero-order valence-electron chi connectivity index (χ0n) is 12.2. The molecule has 1 saturated carbocycles. The lowest BCUT2D eigenvalue weighted by Gasteiger charge is -2.16. The normalized spacial score (nSPS) is 16.6. The summed E-state index contributed by atoms with van der Waals surface area (Å²) in [6.45, 7) is 6.90. The number of likely N-dealkylation sites (N-methyl/N-ethyl adjacent to an activating group) is 1. The minimum absolute atomic E-state index is 0.340. The highest BCUT2D eigenvalue weighted by Gasteiger charge is 2.25. The van der Waals surface area contributed by atoms with Crippen LogP contribution in [0.1, 0.15) is 38.3 Å². The molecule has 1 heterocycles. The van der Waals surface area contributed by atoms with Crippen molar-refractivity contribution >= 4 is 0 Å². The molecule has 0 aromatic carbocycles. The molecule has 1 unspecified atom stereocenters. The van der Waals surface area contributed by atoms with Crippen molar-refractivity contribution in [2.24, 2.45) is 0 Å². The van der Waals surface area contributed by atoms with Crippen molar-refractivity contribution in [2.45, 2.75) is 38.8 Å². The summed E-state index contributed by atoms with van der Waals surface area (Å²) in [5.41, 5.74) is 1.20. The molecular formula is C15H25N3O. The summed E-state index contributed by atoms with van der Waals surface area (Å²) >= 11 is 0. The van der Waals surface area contributed by atoms with Crippen molar-refractivity contribution < 1.29 is 4.74 Å². The smallest absolute Gasteiger partial charge is 0.213 e. The molecule has 1 aliphatic rings. The first kappa shape index (κ1) is 14.3. The molecule has 1 aliphatic carbocycles. The molecule has 1 atom stereocenters. The van der Waals surface area contributed by atoms with Gasteiger partial charge in [0, 0.05) is 30.9 Å². The highest BCUT2D eigenvalue weighted by atomic mass is 16.5. The maximum atomic E-state index is 5.68. The zero-order valence-corrected chi connectivity index (χ0v) is 12.2. The van der Waals surface area contributed by atoms with Crippen LogP contribution in [0.5, 0.6) is 5.88 Å². The SMILES string of the molecule is CCNC(C)c1ccc(OCCN(C)C2CC2)nc1. The molecule has 4 nitrogen and oxygen atoms in total. The Bertz CT molecular complexity index is 375. The molecule has 1 aromatic heterocycles. The summed E-state index contributed by atoms with van der Waals surface area (Å²) in [5.74, 6) is 0.719. The van der Waals surface area contributed by atoms with Crippen LogP contribution in [-0.2, 0) is 0 Å². The molecule has 0 spiro atoms. The van der Waals surface area contributed by atoms with Crippen molar-refractivity contribution in [3.63, 3.8) is 0 Å². The quantitative estimate of drug-likeness (QED) is 0.780. The maximum Gasteiger partial charge on any atom is 0.213 e. The minimum atomic E-state index is 0.340. The molecule has 2 rings (SSSR count). The first-order valence-corrected chi connectivity index (χ1v) is 7.23. The molecular weight excluding hydrogens is 238 g/mol. The molecule has 1 aromatic rings. The molecule has 0 amide bonds. The van der Waals surface area contributed by atoms with E-state index in [1.165, 1.54) is 18.4 Å². The van der Waals surface area contributed by atoms with E-state index in [2.05, 4.69) is 42.2 Å². The number of ether oxygens (including phenoxy) is 1. The fraction of sp³-hybridized carbons (Fsp3) is 0.667. The fourth-order valence-electron chi connectivity index (χ4n) is 2.15. The Labute approximate surface area is 116 Å². The lowest BCUT2D eigenvalue weighted by atomic mass is 10.1. The largest absolute Gasteiger partial charge is 0.476 e. The van der Waals surface area contributed by atoms with Crippen LogP contribution < -0.4 is 10.1 Å². The lowest BCUT2D eigenvalue weighted by Crippen LogP contribution is -2.26. The van der Waals surface area contributed by atoms with Crippen molar-refractivity contribution in [2.75, 3.05) is 26.7 Å². The Morgan fingerprint density at radius 3 is 2.84 bits per heavy atom. The Kier molecular flexibility index (Phi) is 5.16. The number of hydrogen-bond donors (Lipinski definition) is 1. The van der Waals surface area contributed by atoms with E-state index in [1.54, 1.807) is 0 Å². The minimum Gasteiger partial charge on any atom is -0.476 e. The standard InChI is InChI=1S/C15H25N3O/c1-4-16-12(2)13-5-8-15(17-11-13)19-10-9-18(3)14-6-7-14/h5,8,11-12,14,16H,4,6-7,9-10H2,1-3H3. The first-order valence-electron chi connectivity index (χ1n) is 7.23. The highest BCUT2D eigenvalue weighted by molar-refractivity contribution is 5.20. The first-order chi connectivity index (χ1) is 9.20. The zero-order chi connectivity index (χ0) is 13.7. The van der Waals surface area contributed by atoms with E-state index in [0.717, 1.165) is 25.0 Å². The third-order valence-corrected chi connectivity index (χ3v) is 3.63. The molecule has 0 saturated heterocycles. The van der Waals surface area contributed by atoms with Crippen molar-refractivity contribution in [1.82, 2.24) is 15.2 Å². The van der Waals surface area contributed by atoms with Crippen LogP contribution in [0.2, 0.25) is 0 Å². The van der Waals surface area contributed by atoms with E-state index in [-0.39, 0.29) is 0 Å². The average molecular weight is 263 g/mol. The van der Waals surface area contributed by atoms with Crippen LogP contribution in [0.3, 0.4) is 0 Å².